The fraction of sp³-hybridized carbons (Fsp3) is 1.00. The van der Waals surface area contributed by atoms with Gasteiger partial charge in [0.05, 0.1) is 5.60 Å². The van der Waals surface area contributed by atoms with E-state index in [2.05, 4.69) is 13.8 Å². The molecule has 86 valence electrons. The molecule has 1 unspecified atom stereocenters. The third-order valence-corrected chi connectivity index (χ3v) is 3.15. The van der Waals surface area contributed by atoms with Crippen LogP contribution in [0.25, 0.3) is 0 Å². The molecular weight excluding hydrogens is 172 g/mol. The molecule has 0 bridgehead atoms. The van der Waals surface area contributed by atoms with Gasteiger partial charge in [-0.25, -0.2) is 0 Å². The van der Waals surface area contributed by atoms with Gasteiger partial charge >= 0.3 is 0 Å². The molecule has 0 spiro atoms. The van der Waals surface area contributed by atoms with Crippen molar-refractivity contribution >= 4 is 0 Å². The molecule has 14 heavy (non-hydrogen) atoms. The van der Waals surface area contributed by atoms with Crippen LogP contribution in [-0.4, -0.2) is 10.7 Å². The van der Waals surface area contributed by atoms with Gasteiger partial charge in [0.2, 0.25) is 0 Å². The first-order valence-electron chi connectivity index (χ1n) is 6.24. The fourth-order valence-electron chi connectivity index (χ4n) is 2.05. The lowest BCUT2D eigenvalue weighted by Gasteiger charge is -2.28. The van der Waals surface area contributed by atoms with Crippen molar-refractivity contribution in [2.75, 3.05) is 0 Å². The van der Waals surface area contributed by atoms with Crippen LogP contribution in [0.5, 0.6) is 0 Å². The molecule has 0 aliphatic rings. The molecule has 1 atom stereocenters. The highest BCUT2D eigenvalue weighted by Crippen LogP contribution is 2.25. The van der Waals surface area contributed by atoms with Gasteiger partial charge in [0, 0.05) is 0 Å². The number of hydrogen-bond donors (Lipinski definition) is 1. The van der Waals surface area contributed by atoms with Crippen molar-refractivity contribution in [2.45, 2.75) is 78.2 Å². The number of aliphatic hydroxyl groups is 1. The monoisotopic (exact) mass is 200 g/mol. The van der Waals surface area contributed by atoms with Crippen LogP contribution in [0.2, 0.25) is 0 Å². The molecular formula is C13H28O. The highest BCUT2D eigenvalue weighted by molar-refractivity contribution is 4.75. The minimum absolute atomic E-state index is 0.476. The largest absolute Gasteiger partial charge is 0.390 e. The molecule has 1 N–H and O–H groups in total. The smallest absolute Gasteiger partial charge is 0.0619 e. The Morgan fingerprint density at radius 2 is 1.57 bits per heavy atom. The third-order valence-electron chi connectivity index (χ3n) is 3.15. The van der Waals surface area contributed by atoms with Gasteiger partial charge in [-0.2, -0.15) is 0 Å². The molecule has 0 aromatic heterocycles. The number of rotatable bonds is 8. The summed E-state index contributed by atoms with van der Waals surface area (Å²) in [7, 11) is 0. The van der Waals surface area contributed by atoms with E-state index in [1.807, 2.05) is 13.8 Å². The molecule has 1 nitrogen and oxygen atoms in total. The second-order valence-electron chi connectivity index (χ2n) is 4.96. The summed E-state index contributed by atoms with van der Waals surface area (Å²) in [6, 6.07) is 0. The van der Waals surface area contributed by atoms with E-state index < -0.39 is 5.60 Å². The van der Waals surface area contributed by atoms with Crippen molar-refractivity contribution in [1.82, 2.24) is 0 Å². The zero-order valence-electron chi connectivity index (χ0n) is 10.5. The van der Waals surface area contributed by atoms with Crippen LogP contribution in [0.4, 0.5) is 0 Å². The molecule has 0 heterocycles. The Hall–Kier alpha value is -0.0400. The Kier molecular flexibility index (Phi) is 7.26. The third kappa shape index (κ3) is 6.42. The van der Waals surface area contributed by atoms with E-state index in [9.17, 15) is 5.11 Å². The van der Waals surface area contributed by atoms with Crippen molar-refractivity contribution in [2.24, 2.45) is 5.92 Å². The van der Waals surface area contributed by atoms with Crippen molar-refractivity contribution in [3.63, 3.8) is 0 Å². The van der Waals surface area contributed by atoms with Crippen LogP contribution in [0.15, 0.2) is 0 Å². The molecule has 0 radical (unpaired) electrons. The molecule has 0 rings (SSSR count). The topological polar surface area (TPSA) is 20.2 Å². The molecule has 0 aromatic carbocycles. The molecule has 0 aliphatic heterocycles. The molecule has 0 amide bonds. The minimum Gasteiger partial charge on any atom is -0.390 e. The quantitative estimate of drug-likeness (QED) is 0.584. The first-order valence-corrected chi connectivity index (χ1v) is 6.24. The summed E-state index contributed by atoms with van der Waals surface area (Å²) in [5.74, 6) is 0.476. The predicted octanol–water partition coefficient (Wildman–Crippen LogP) is 4.14. The maximum Gasteiger partial charge on any atom is 0.0619 e. The summed E-state index contributed by atoms with van der Waals surface area (Å²) in [5, 5.41) is 9.88. The van der Waals surface area contributed by atoms with Gasteiger partial charge in [-0.15, -0.1) is 0 Å². The van der Waals surface area contributed by atoms with E-state index in [0.717, 1.165) is 6.42 Å². The Bertz CT molecular complexity index is 124. The summed E-state index contributed by atoms with van der Waals surface area (Å²) in [6.07, 6.45) is 8.92. The minimum atomic E-state index is -0.487. The highest BCUT2D eigenvalue weighted by Gasteiger charge is 2.23. The van der Waals surface area contributed by atoms with E-state index in [1.165, 1.54) is 38.5 Å². The first-order chi connectivity index (χ1) is 6.52. The van der Waals surface area contributed by atoms with Crippen LogP contribution < -0.4 is 0 Å². The van der Waals surface area contributed by atoms with E-state index in [1.54, 1.807) is 0 Å². The van der Waals surface area contributed by atoms with Crippen molar-refractivity contribution in [3.8, 4) is 0 Å². The van der Waals surface area contributed by atoms with Crippen molar-refractivity contribution in [3.05, 3.63) is 0 Å². The van der Waals surface area contributed by atoms with Gasteiger partial charge < -0.3 is 5.11 Å². The normalized spacial score (nSPS) is 14.4. The van der Waals surface area contributed by atoms with Crippen molar-refractivity contribution in [1.29, 1.82) is 0 Å². The van der Waals surface area contributed by atoms with Gasteiger partial charge in [-0.05, 0) is 26.2 Å². The van der Waals surface area contributed by atoms with E-state index in [0.29, 0.717) is 5.92 Å². The molecule has 0 fully saturated rings. The lowest BCUT2D eigenvalue weighted by atomic mass is 9.84. The zero-order chi connectivity index (χ0) is 11.0. The standard InChI is InChI=1S/C13H28O/c1-5-7-8-9-10-11-12(6-2)13(3,4)14/h12,14H,5-11H2,1-4H3. The maximum absolute atomic E-state index is 9.88. The summed E-state index contributed by atoms with van der Waals surface area (Å²) < 4.78 is 0. The fourth-order valence-corrected chi connectivity index (χ4v) is 2.05. The molecule has 0 saturated heterocycles. The van der Waals surface area contributed by atoms with Crippen LogP contribution >= 0.6 is 0 Å². The molecule has 0 aromatic rings. The van der Waals surface area contributed by atoms with Crippen LogP contribution in [0, 0.1) is 5.92 Å². The summed E-state index contributed by atoms with van der Waals surface area (Å²) >= 11 is 0. The SMILES string of the molecule is CCCCCCCC(CC)C(C)(C)O. The average molecular weight is 200 g/mol. The molecule has 0 saturated carbocycles. The van der Waals surface area contributed by atoms with Gasteiger partial charge in [-0.1, -0.05) is 52.4 Å². The lowest BCUT2D eigenvalue weighted by Crippen LogP contribution is -2.30. The maximum atomic E-state index is 9.88. The average Bonchev–Trinajstić information content (AvgIpc) is 2.09. The van der Waals surface area contributed by atoms with Crippen molar-refractivity contribution < 1.29 is 5.11 Å². The highest BCUT2D eigenvalue weighted by atomic mass is 16.3. The summed E-state index contributed by atoms with van der Waals surface area (Å²) in [4.78, 5) is 0. The van der Waals surface area contributed by atoms with Crippen LogP contribution in [0.1, 0.15) is 72.6 Å². The zero-order valence-corrected chi connectivity index (χ0v) is 10.5. The lowest BCUT2D eigenvalue weighted by molar-refractivity contribution is 0.0104. The molecule has 0 aliphatic carbocycles. The number of unbranched alkanes of at least 4 members (excludes halogenated alkanes) is 4. The summed E-state index contributed by atoms with van der Waals surface area (Å²) in [5.41, 5.74) is -0.487. The van der Waals surface area contributed by atoms with E-state index >= 15 is 0 Å². The van der Waals surface area contributed by atoms with Crippen LogP contribution in [-0.2, 0) is 0 Å². The predicted molar refractivity (Wildman–Crippen MR) is 63.5 cm³/mol. The second-order valence-corrected chi connectivity index (χ2v) is 4.96. The van der Waals surface area contributed by atoms with Gasteiger partial charge in [0.15, 0.2) is 0 Å². The Morgan fingerprint density at radius 1 is 1.00 bits per heavy atom. The Morgan fingerprint density at radius 3 is 2.00 bits per heavy atom. The first kappa shape index (κ1) is 14.0. The van der Waals surface area contributed by atoms with E-state index in [-0.39, 0.29) is 0 Å². The number of hydrogen-bond acceptors (Lipinski definition) is 1. The van der Waals surface area contributed by atoms with Crippen LogP contribution in [0.3, 0.4) is 0 Å². The van der Waals surface area contributed by atoms with E-state index in [4.69, 9.17) is 0 Å². The molecule has 1 heteroatoms. The van der Waals surface area contributed by atoms with Gasteiger partial charge in [0.25, 0.3) is 0 Å². The summed E-state index contributed by atoms with van der Waals surface area (Å²) in [6.45, 7) is 8.29. The Balaban J connectivity index is 3.54. The van der Waals surface area contributed by atoms with Gasteiger partial charge in [-0.3, -0.25) is 0 Å². The van der Waals surface area contributed by atoms with Gasteiger partial charge in [0.1, 0.15) is 0 Å². The second kappa shape index (κ2) is 7.28. The Labute approximate surface area is 89.9 Å².